The van der Waals surface area contributed by atoms with Gasteiger partial charge < -0.3 is 15.5 Å². The molecular formula is C13H16ClNO4. The maximum atomic E-state index is 11.8. The van der Waals surface area contributed by atoms with Crippen molar-refractivity contribution in [3.63, 3.8) is 0 Å². The van der Waals surface area contributed by atoms with Gasteiger partial charge in [0.05, 0.1) is 13.0 Å². The number of carbonyl (C=O) groups is 2. The Morgan fingerprint density at radius 2 is 1.89 bits per heavy atom. The third-order valence-electron chi connectivity index (χ3n) is 2.74. The summed E-state index contributed by atoms with van der Waals surface area (Å²) in [6.45, 7) is 1.36. The zero-order valence-electron chi connectivity index (χ0n) is 10.5. The number of halogens is 1. The number of aliphatic hydroxyl groups is 1. The second kappa shape index (κ2) is 6.54. The molecule has 3 N–H and O–H groups in total. The molecule has 0 aromatic heterocycles. The summed E-state index contributed by atoms with van der Waals surface area (Å²) in [4.78, 5) is 22.5. The summed E-state index contributed by atoms with van der Waals surface area (Å²) in [5.41, 5.74) is -0.450. The Bertz CT molecular complexity index is 460. The van der Waals surface area contributed by atoms with Gasteiger partial charge in [0.25, 0.3) is 5.91 Å². The van der Waals surface area contributed by atoms with Crippen molar-refractivity contribution in [2.75, 3.05) is 13.2 Å². The number of amides is 1. The Kier molecular flexibility index (Phi) is 5.32. The average Bonchev–Trinajstić information content (AvgIpc) is 2.36. The van der Waals surface area contributed by atoms with Crippen LogP contribution < -0.4 is 5.32 Å². The van der Waals surface area contributed by atoms with Crippen molar-refractivity contribution in [2.24, 2.45) is 5.41 Å². The van der Waals surface area contributed by atoms with E-state index < -0.39 is 11.4 Å². The van der Waals surface area contributed by atoms with Gasteiger partial charge in [-0.25, -0.2) is 0 Å². The van der Waals surface area contributed by atoms with E-state index >= 15 is 0 Å². The lowest BCUT2D eigenvalue weighted by Crippen LogP contribution is -2.39. The zero-order valence-corrected chi connectivity index (χ0v) is 11.3. The monoisotopic (exact) mass is 285 g/mol. The Morgan fingerprint density at radius 3 is 2.37 bits per heavy atom. The van der Waals surface area contributed by atoms with Gasteiger partial charge >= 0.3 is 5.97 Å². The Balaban J connectivity index is 2.62. The summed E-state index contributed by atoms with van der Waals surface area (Å²) in [5.74, 6) is -1.35. The molecule has 0 aliphatic heterocycles. The second-order valence-electron chi connectivity index (χ2n) is 4.73. The third-order valence-corrected chi connectivity index (χ3v) is 2.99. The average molecular weight is 286 g/mol. The summed E-state index contributed by atoms with van der Waals surface area (Å²) >= 11 is 5.72. The minimum Gasteiger partial charge on any atom is -0.481 e. The van der Waals surface area contributed by atoms with Crippen LogP contribution in [0.15, 0.2) is 24.3 Å². The fourth-order valence-corrected chi connectivity index (χ4v) is 1.66. The molecule has 1 aromatic carbocycles. The van der Waals surface area contributed by atoms with E-state index in [1.807, 2.05) is 0 Å². The number of benzene rings is 1. The standard InChI is InChI=1S/C13H16ClNO4/c1-13(8-16,6-11(17)18)7-15-12(19)9-2-4-10(14)5-3-9/h2-5,16H,6-8H2,1H3,(H,15,19)(H,17,18). The van der Waals surface area contributed by atoms with Crippen LogP contribution in [0.1, 0.15) is 23.7 Å². The van der Waals surface area contributed by atoms with Gasteiger partial charge in [0, 0.05) is 22.5 Å². The number of carboxylic acids is 1. The lowest BCUT2D eigenvalue weighted by atomic mass is 9.87. The van der Waals surface area contributed by atoms with E-state index in [1.54, 1.807) is 31.2 Å². The highest BCUT2D eigenvalue weighted by Gasteiger charge is 2.27. The SMILES string of the molecule is CC(CO)(CNC(=O)c1ccc(Cl)cc1)CC(=O)O. The van der Waals surface area contributed by atoms with Gasteiger partial charge in [0.1, 0.15) is 0 Å². The van der Waals surface area contributed by atoms with Crippen LogP contribution in [0.25, 0.3) is 0 Å². The van der Waals surface area contributed by atoms with Crippen LogP contribution in [-0.2, 0) is 4.79 Å². The minimum absolute atomic E-state index is 0.0806. The highest BCUT2D eigenvalue weighted by molar-refractivity contribution is 6.30. The first-order valence-electron chi connectivity index (χ1n) is 5.73. The van der Waals surface area contributed by atoms with Gasteiger partial charge in [-0.15, -0.1) is 0 Å². The molecule has 1 aromatic rings. The van der Waals surface area contributed by atoms with Gasteiger partial charge in [-0.3, -0.25) is 9.59 Å². The molecule has 1 atom stereocenters. The predicted molar refractivity (Wildman–Crippen MR) is 71.2 cm³/mol. The molecule has 6 heteroatoms. The number of nitrogens with one attached hydrogen (secondary N) is 1. The van der Waals surface area contributed by atoms with Crippen LogP contribution in [0.2, 0.25) is 5.02 Å². The predicted octanol–water partition coefficient (Wildman–Crippen LogP) is 1.54. The number of aliphatic carboxylic acids is 1. The van der Waals surface area contributed by atoms with Crippen molar-refractivity contribution < 1.29 is 19.8 Å². The number of hydrogen-bond donors (Lipinski definition) is 3. The number of rotatable bonds is 6. The molecule has 0 aliphatic rings. The van der Waals surface area contributed by atoms with E-state index in [2.05, 4.69) is 5.32 Å². The van der Waals surface area contributed by atoms with E-state index in [1.165, 1.54) is 0 Å². The third kappa shape index (κ3) is 4.89. The highest BCUT2D eigenvalue weighted by Crippen LogP contribution is 2.19. The van der Waals surface area contributed by atoms with Gasteiger partial charge in [0.15, 0.2) is 0 Å². The van der Waals surface area contributed by atoms with E-state index in [4.69, 9.17) is 16.7 Å². The number of hydrogen-bond acceptors (Lipinski definition) is 3. The summed E-state index contributed by atoms with van der Waals surface area (Å²) in [5, 5.41) is 21.1. The minimum atomic E-state index is -1.02. The van der Waals surface area contributed by atoms with Crippen LogP contribution in [0.4, 0.5) is 0 Å². The molecule has 1 amide bonds. The van der Waals surface area contributed by atoms with E-state index in [0.717, 1.165) is 0 Å². The van der Waals surface area contributed by atoms with Crippen molar-refractivity contribution in [3.05, 3.63) is 34.9 Å². The first kappa shape index (κ1) is 15.5. The number of carboxylic acid groups (broad SMARTS) is 1. The summed E-state index contributed by atoms with van der Waals surface area (Å²) < 4.78 is 0. The van der Waals surface area contributed by atoms with Crippen LogP contribution in [0.5, 0.6) is 0 Å². The second-order valence-corrected chi connectivity index (χ2v) is 5.17. The molecular weight excluding hydrogens is 270 g/mol. The van der Waals surface area contributed by atoms with Crippen LogP contribution in [0.3, 0.4) is 0 Å². The van der Waals surface area contributed by atoms with E-state index in [-0.39, 0.29) is 25.5 Å². The smallest absolute Gasteiger partial charge is 0.304 e. The lowest BCUT2D eigenvalue weighted by Gasteiger charge is -2.25. The van der Waals surface area contributed by atoms with Gasteiger partial charge in [-0.2, -0.15) is 0 Å². The van der Waals surface area contributed by atoms with Crippen LogP contribution >= 0.6 is 11.6 Å². The first-order chi connectivity index (χ1) is 8.86. The molecule has 19 heavy (non-hydrogen) atoms. The van der Waals surface area contributed by atoms with Crippen molar-refractivity contribution in [1.82, 2.24) is 5.32 Å². The van der Waals surface area contributed by atoms with Crippen molar-refractivity contribution in [2.45, 2.75) is 13.3 Å². The fourth-order valence-electron chi connectivity index (χ4n) is 1.54. The fraction of sp³-hybridized carbons (Fsp3) is 0.385. The van der Waals surface area contributed by atoms with Crippen LogP contribution in [0, 0.1) is 5.41 Å². The van der Waals surface area contributed by atoms with Gasteiger partial charge in [-0.1, -0.05) is 18.5 Å². The van der Waals surface area contributed by atoms with Gasteiger partial charge in [-0.05, 0) is 24.3 Å². The zero-order chi connectivity index (χ0) is 14.5. The van der Waals surface area contributed by atoms with Crippen molar-refractivity contribution >= 4 is 23.5 Å². The molecule has 0 saturated heterocycles. The molecule has 5 nitrogen and oxygen atoms in total. The Morgan fingerprint density at radius 1 is 1.32 bits per heavy atom. The topological polar surface area (TPSA) is 86.6 Å². The molecule has 104 valence electrons. The molecule has 0 spiro atoms. The van der Waals surface area contributed by atoms with Crippen molar-refractivity contribution in [1.29, 1.82) is 0 Å². The largest absolute Gasteiger partial charge is 0.481 e. The number of carbonyl (C=O) groups excluding carboxylic acids is 1. The quantitative estimate of drug-likeness (QED) is 0.740. The molecule has 0 fully saturated rings. The molecule has 0 heterocycles. The molecule has 0 aliphatic carbocycles. The maximum absolute atomic E-state index is 11.8. The highest BCUT2D eigenvalue weighted by atomic mass is 35.5. The molecule has 0 saturated carbocycles. The molecule has 0 radical (unpaired) electrons. The van der Waals surface area contributed by atoms with E-state index in [9.17, 15) is 14.7 Å². The summed E-state index contributed by atoms with van der Waals surface area (Å²) in [6.07, 6.45) is -0.218. The summed E-state index contributed by atoms with van der Waals surface area (Å²) in [7, 11) is 0. The molecule has 1 unspecified atom stereocenters. The first-order valence-corrected chi connectivity index (χ1v) is 6.10. The summed E-state index contributed by atoms with van der Waals surface area (Å²) in [6, 6.07) is 6.34. The Hall–Kier alpha value is -1.59. The Labute approximate surface area is 116 Å². The van der Waals surface area contributed by atoms with Gasteiger partial charge in [0.2, 0.25) is 0 Å². The van der Waals surface area contributed by atoms with E-state index in [0.29, 0.717) is 10.6 Å². The van der Waals surface area contributed by atoms with Crippen LogP contribution in [-0.4, -0.2) is 35.2 Å². The normalized spacial score (nSPS) is 13.6. The maximum Gasteiger partial charge on any atom is 0.304 e. The molecule has 1 rings (SSSR count). The lowest BCUT2D eigenvalue weighted by molar-refractivity contribution is -0.140. The number of aliphatic hydroxyl groups excluding tert-OH is 1. The van der Waals surface area contributed by atoms with Crippen molar-refractivity contribution in [3.8, 4) is 0 Å². The molecule has 0 bridgehead atoms.